The van der Waals surface area contributed by atoms with Gasteiger partial charge in [0.15, 0.2) is 59.0 Å². The van der Waals surface area contributed by atoms with Crippen LogP contribution in [0.25, 0.3) is 0 Å². The van der Waals surface area contributed by atoms with Crippen LogP contribution in [0.5, 0.6) is 0 Å². The number of nitrogens with zero attached hydrogens (tertiary/aromatic N) is 3. The third-order valence-electron chi connectivity index (χ3n) is 13.4. The second-order valence-electron chi connectivity index (χ2n) is 23.1. The Hall–Kier alpha value is -4.87. The van der Waals surface area contributed by atoms with Gasteiger partial charge in [-0.25, -0.2) is 35.6 Å². The van der Waals surface area contributed by atoms with Crippen LogP contribution in [-0.4, -0.2) is 214 Å². The topological polar surface area (TPSA) is 380 Å². The third kappa shape index (κ3) is 22.1. The number of hydrogen-bond donors (Lipinski definition) is 6. The number of alkyl halides is 4. The average molecular weight is 1350 g/mol. The van der Waals surface area contributed by atoms with E-state index < -0.39 is 157 Å². The van der Waals surface area contributed by atoms with Gasteiger partial charge in [0, 0.05) is 55.6 Å². The molecule has 7 heterocycles. The number of aromatic nitrogens is 4. The summed E-state index contributed by atoms with van der Waals surface area (Å²) in [7, 11) is -11.1. The number of H-pyrrole nitrogens is 2. The molecule has 0 radical (unpaired) electrons. The van der Waals surface area contributed by atoms with Crippen LogP contribution >= 0.6 is 15.0 Å². The summed E-state index contributed by atoms with van der Waals surface area (Å²) in [6.07, 6.45) is -11.6. The Labute approximate surface area is 517 Å². The van der Waals surface area contributed by atoms with Crippen LogP contribution in [0.15, 0.2) is 80.2 Å². The van der Waals surface area contributed by atoms with E-state index in [-0.39, 0.29) is 80.8 Å². The standard InChI is InChI=1S/C16H23FN2O5.C14H20FN2O7P.C14H21FN2O7S.C10H18FO4P/c1-9(2)23-15-12(8-22-7-10(3)20)24-16(14(15)17)19-6-5-13(21)18-11(19)4;1-7(2)23-11-10(15)12(17-4-3-9(18)16-13(17)19)24-14(11)5-8(14)6-25(20,21)22;1-8(2)23-12-9(6-22-7-25(3,20)21)24-13(11(12)15)17-5-4-10(18)16-14(17)19;1-7(2)15-10-8(11)6-14-9(10)4-5-16(3,12)13/h5-6,9,12,14-16H,4,7-8H2,1-3H3,(H,18,21);3-4,7-8,10-12H,5-6H2,1-2H3,(H,16,18,19)(H2,20,21,22);4-5,8-9,11-13H,6-7H2,1-3H3,(H,16,18,19);4-5,7-10H,6H2,1-3H3,(H,12,13)/b;;;5-4+/t12-,14-,15-,16-;8?,10-,11+,12-,14-;9-,11-,12-,13-;8-,9+,10-/m1110/s1/i;;;4D. The summed E-state index contributed by atoms with van der Waals surface area (Å²) in [4.78, 5) is 101. The molecule has 2 aromatic rings. The summed E-state index contributed by atoms with van der Waals surface area (Å²) in [6, 6.07) is 1.94. The quantitative estimate of drug-likeness (QED) is 0.0687. The number of Topliss-reactive ketones (excluding diaryl/α,β-unsaturated/α-hetero) is 1. The first-order chi connectivity index (χ1) is 42.1. The lowest BCUT2D eigenvalue weighted by Crippen LogP contribution is -2.45. The van der Waals surface area contributed by atoms with E-state index in [0.717, 1.165) is 52.4 Å². The van der Waals surface area contributed by atoms with Crippen molar-refractivity contribution in [3.63, 3.8) is 0 Å². The molecule has 5 fully saturated rings. The van der Waals surface area contributed by atoms with Gasteiger partial charge in [-0.05, 0) is 80.6 Å². The number of aromatic amines is 2. The molecule has 1 spiro atoms. The van der Waals surface area contributed by atoms with E-state index in [1.165, 1.54) is 24.1 Å². The minimum absolute atomic E-state index is 0.0320. The Bertz CT molecular complexity index is 3350. The van der Waals surface area contributed by atoms with Gasteiger partial charge in [0.1, 0.15) is 66.7 Å². The molecule has 4 saturated heterocycles. The highest BCUT2D eigenvalue weighted by atomic mass is 32.2. The highest BCUT2D eigenvalue weighted by Crippen LogP contribution is 2.62. The average Bonchev–Trinajstić information content (AvgIpc) is 1.54. The summed E-state index contributed by atoms with van der Waals surface area (Å²) in [5.74, 6) is -0.435. The van der Waals surface area contributed by atoms with Crippen LogP contribution in [0, 0.1) is 5.92 Å². The number of nitrogens with one attached hydrogen (secondary N) is 3. The van der Waals surface area contributed by atoms with Crippen molar-refractivity contribution in [3.05, 3.63) is 103 Å². The molecule has 1 amide bonds. The number of amides is 1. The molecule has 510 valence electrons. The molecule has 6 N–H and O–H groups in total. The Kier molecular flexibility index (Phi) is 26.6. The summed E-state index contributed by atoms with van der Waals surface area (Å²) < 4.78 is 167. The van der Waals surface area contributed by atoms with Crippen molar-refractivity contribution in [3.8, 4) is 0 Å². The van der Waals surface area contributed by atoms with Crippen molar-refractivity contribution in [2.75, 3.05) is 51.4 Å². The first-order valence-corrected chi connectivity index (χ1v) is 34.4. The molecule has 0 aromatic carbocycles. The number of halogens is 4. The number of ether oxygens (including phenoxy) is 10. The zero-order chi connectivity index (χ0) is 68.4. The minimum atomic E-state index is -4.30. The number of sulfone groups is 1. The fourth-order valence-corrected chi connectivity index (χ4v) is 11.7. The highest BCUT2D eigenvalue weighted by Gasteiger charge is 2.71. The lowest BCUT2D eigenvalue weighted by Gasteiger charge is -2.32. The second kappa shape index (κ2) is 32.3. The van der Waals surface area contributed by atoms with Crippen molar-refractivity contribution in [2.45, 2.75) is 185 Å². The normalized spacial score (nSPS) is 31.7. The highest BCUT2D eigenvalue weighted by molar-refractivity contribution is 7.90. The van der Waals surface area contributed by atoms with E-state index >= 15 is 4.39 Å². The Morgan fingerprint density at radius 2 is 1.30 bits per heavy atom. The molecule has 90 heavy (non-hydrogen) atoms. The van der Waals surface area contributed by atoms with Gasteiger partial charge in [0.25, 0.3) is 17.0 Å². The maximum absolute atomic E-state index is 15.0. The van der Waals surface area contributed by atoms with Crippen LogP contribution in [0.2, 0.25) is 0 Å². The molecule has 6 aliphatic rings. The van der Waals surface area contributed by atoms with Crippen molar-refractivity contribution >= 4 is 36.5 Å². The van der Waals surface area contributed by atoms with Crippen LogP contribution in [0.4, 0.5) is 17.6 Å². The number of rotatable bonds is 23. The van der Waals surface area contributed by atoms with E-state index in [9.17, 15) is 69.3 Å². The zero-order valence-electron chi connectivity index (χ0n) is 52.3. The number of hydrogen-bond acceptors (Lipinski definition) is 21. The summed E-state index contributed by atoms with van der Waals surface area (Å²) in [6.45, 7) is 19.8. The molecule has 5 aliphatic heterocycles. The van der Waals surface area contributed by atoms with Gasteiger partial charge in [-0.2, -0.15) is 0 Å². The predicted octanol–water partition coefficient (Wildman–Crippen LogP) is 2.51. The molecule has 2 unspecified atom stereocenters. The SMILES string of the molecule is C=C1NC(=O)C=CN1[C@@H]1O[C@H](COCC(C)=O)[C@@H](OC(C)C)[C@H]1F.CC(C)O[C@H]1[C@@H](F)[C@H](n2ccc(=O)[nH]c2=O)O[C@@H]1COCS(C)(=O)=O.CC(C)O[C@H]1[C@@H](F)[C@H](n2ccc(=O)[nH]c2=O)O[C@@]12CC2CP(=O)(O)O.[2H]/C(=C\P(C)(=O)O)[C@H]1OC[C@H](F)[C@@H]1OC(C)C. The summed E-state index contributed by atoms with van der Waals surface area (Å²) >= 11 is 0. The monoisotopic (exact) mass is 1350 g/mol. The first kappa shape index (κ1) is 74.2. The van der Waals surface area contributed by atoms with Gasteiger partial charge in [-0.15, -0.1) is 0 Å². The van der Waals surface area contributed by atoms with E-state index in [1.807, 2.05) is 9.97 Å². The molecule has 2 aromatic heterocycles. The number of ketones is 1. The third-order valence-corrected chi connectivity index (χ3v) is 15.5. The van der Waals surface area contributed by atoms with E-state index in [1.54, 1.807) is 55.4 Å². The van der Waals surface area contributed by atoms with Gasteiger partial charge < -0.3 is 72.3 Å². The van der Waals surface area contributed by atoms with Crippen LogP contribution < -0.4 is 27.8 Å². The minimum Gasteiger partial charge on any atom is -0.371 e. The smallest absolute Gasteiger partial charge is 0.330 e. The number of carbonyl (C=O) groups excluding carboxylic acids is 2. The molecular weight excluding hydrogens is 1270 g/mol. The Morgan fingerprint density at radius 1 is 0.800 bits per heavy atom. The van der Waals surface area contributed by atoms with Crippen LogP contribution in [-0.2, 0) is 75.9 Å². The lowest BCUT2D eigenvalue weighted by molar-refractivity contribution is -0.126. The van der Waals surface area contributed by atoms with Crippen molar-refractivity contribution < 1.29 is 108 Å². The van der Waals surface area contributed by atoms with E-state index in [2.05, 4.69) is 11.9 Å². The Morgan fingerprint density at radius 3 is 1.78 bits per heavy atom. The van der Waals surface area contributed by atoms with Gasteiger partial charge in [-0.3, -0.25) is 47.4 Å². The van der Waals surface area contributed by atoms with Crippen molar-refractivity contribution in [1.29, 1.82) is 0 Å². The van der Waals surface area contributed by atoms with Crippen LogP contribution in [0.1, 0.15) is 82.6 Å². The molecule has 36 heteroatoms. The fraction of sp³-hybridized carbons (Fsp3) is 0.704. The zero-order valence-corrected chi connectivity index (χ0v) is 53.9. The molecule has 8 rings (SSSR count). The van der Waals surface area contributed by atoms with E-state index in [4.69, 9.17) is 53.6 Å². The van der Waals surface area contributed by atoms with Gasteiger partial charge in [0.2, 0.25) is 7.37 Å². The van der Waals surface area contributed by atoms with Crippen molar-refractivity contribution in [1.82, 2.24) is 29.3 Å². The first-order valence-electron chi connectivity index (χ1n) is 28.9. The molecule has 1 aliphatic carbocycles. The molecule has 0 bridgehead atoms. The van der Waals surface area contributed by atoms with Gasteiger partial charge in [0.05, 0.1) is 51.8 Å². The lowest BCUT2D eigenvalue weighted by atomic mass is 10.1. The molecule has 17 atom stereocenters. The van der Waals surface area contributed by atoms with Gasteiger partial charge >= 0.3 is 19.0 Å². The molecule has 29 nitrogen and oxygen atoms in total. The molecular formula is C54H82F4N6O23P2S. The largest absolute Gasteiger partial charge is 0.371 e. The van der Waals surface area contributed by atoms with Crippen molar-refractivity contribution in [2.24, 2.45) is 5.92 Å². The fourth-order valence-electron chi connectivity index (χ4n) is 9.87. The second-order valence-corrected chi connectivity index (χ2v) is 29.0. The maximum Gasteiger partial charge on any atom is 0.330 e. The molecule has 1 saturated carbocycles. The van der Waals surface area contributed by atoms with Gasteiger partial charge in [-0.1, -0.05) is 6.58 Å². The maximum atomic E-state index is 15.0. The summed E-state index contributed by atoms with van der Waals surface area (Å²) in [5.41, 5.74) is -4.07. The number of carbonyl (C=O) groups is 2. The Balaban J connectivity index is 0.000000223. The van der Waals surface area contributed by atoms with E-state index in [0.29, 0.717) is 0 Å². The van der Waals surface area contributed by atoms with Crippen LogP contribution in [0.3, 0.4) is 0 Å². The summed E-state index contributed by atoms with van der Waals surface area (Å²) in [5, 5.41) is 2.50. The predicted molar refractivity (Wildman–Crippen MR) is 313 cm³/mol.